The van der Waals surface area contributed by atoms with Crippen LogP contribution in [0.25, 0.3) is 0 Å². The third kappa shape index (κ3) is 2.78. The van der Waals surface area contributed by atoms with Crippen molar-refractivity contribution in [1.82, 2.24) is 10.3 Å². The molecule has 0 bridgehead atoms. The van der Waals surface area contributed by atoms with E-state index in [-0.39, 0.29) is 12.1 Å². The van der Waals surface area contributed by atoms with Gasteiger partial charge < -0.3 is 4.74 Å². The molecule has 0 saturated carbocycles. The first-order chi connectivity index (χ1) is 6.69. The number of morpholine rings is 1. The number of hydrogen-bond donors (Lipinski definition) is 2. The first kappa shape index (κ1) is 11.7. The molecule has 0 aliphatic carbocycles. The Morgan fingerprint density at radius 1 is 1.64 bits per heavy atom. The fourth-order valence-electron chi connectivity index (χ4n) is 1.71. The molecule has 82 valence electrons. The molecule has 3 N–H and O–H groups in total. The summed E-state index contributed by atoms with van der Waals surface area (Å²) < 4.78 is 5.65. The lowest BCUT2D eigenvalue weighted by Gasteiger charge is -2.37. The van der Waals surface area contributed by atoms with E-state index in [1.807, 2.05) is 0 Å². The van der Waals surface area contributed by atoms with Gasteiger partial charge in [-0.1, -0.05) is 6.08 Å². The Bertz CT molecular complexity index is 184. The van der Waals surface area contributed by atoms with Gasteiger partial charge in [-0.05, 0) is 13.8 Å². The topological polar surface area (TPSA) is 50.5 Å². The molecule has 2 atom stereocenters. The van der Waals surface area contributed by atoms with Crippen LogP contribution in [0.4, 0.5) is 0 Å². The lowest BCUT2D eigenvalue weighted by Crippen LogP contribution is -2.54. The summed E-state index contributed by atoms with van der Waals surface area (Å²) in [6, 6.07) is 0.598. The Hall–Kier alpha value is -0.420. The van der Waals surface area contributed by atoms with Crippen LogP contribution in [0.1, 0.15) is 13.8 Å². The number of hydrogen-bond acceptors (Lipinski definition) is 4. The zero-order valence-electron chi connectivity index (χ0n) is 9.07. The maximum Gasteiger partial charge on any atom is 0.0903 e. The molecule has 1 heterocycles. The lowest BCUT2D eigenvalue weighted by molar-refractivity contribution is -0.0481. The Balaban J connectivity index is 2.50. The van der Waals surface area contributed by atoms with Gasteiger partial charge in [-0.3, -0.25) is 16.2 Å². The Kier molecular flexibility index (Phi) is 4.54. The van der Waals surface area contributed by atoms with E-state index in [2.05, 4.69) is 30.8 Å². The van der Waals surface area contributed by atoms with Crippen molar-refractivity contribution in [3.8, 4) is 0 Å². The van der Waals surface area contributed by atoms with Gasteiger partial charge in [0.1, 0.15) is 0 Å². The molecule has 1 aliphatic heterocycles. The molecule has 0 aromatic heterocycles. The van der Waals surface area contributed by atoms with E-state index in [9.17, 15) is 0 Å². The maximum atomic E-state index is 5.65. The Morgan fingerprint density at radius 3 is 2.86 bits per heavy atom. The van der Waals surface area contributed by atoms with Crippen LogP contribution in [0, 0.1) is 0 Å². The summed E-state index contributed by atoms with van der Waals surface area (Å²) in [7, 11) is 0. The molecule has 1 rings (SSSR count). The van der Waals surface area contributed by atoms with Crippen LogP contribution in [0.3, 0.4) is 0 Å². The van der Waals surface area contributed by atoms with Crippen molar-refractivity contribution in [3.05, 3.63) is 12.7 Å². The SMILES string of the molecule is C=CC(NN)C1CN(C(C)C)CCO1. The van der Waals surface area contributed by atoms with Gasteiger partial charge in [0.15, 0.2) is 0 Å². The molecule has 1 aliphatic rings. The average molecular weight is 199 g/mol. The smallest absolute Gasteiger partial charge is 0.0903 e. The Labute approximate surface area is 86.1 Å². The third-order valence-electron chi connectivity index (χ3n) is 2.70. The average Bonchev–Trinajstić information content (AvgIpc) is 2.20. The summed E-state index contributed by atoms with van der Waals surface area (Å²) in [5, 5.41) is 0. The van der Waals surface area contributed by atoms with Crippen LogP contribution in [0.5, 0.6) is 0 Å². The highest BCUT2D eigenvalue weighted by molar-refractivity contribution is 4.93. The molecule has 1 saturated heterocycles. The number of ether oxygens (including phenoxy) is 1. The lowest BCUT2D eigenvalue weighted by atomic mass is 10.1. The second kappa shape index (κ2) is 5.46. The largest absolute Gasteiger partial charge is 0.374 e. The summed E-state index contributed by atoms with van der Waals surface area (Å²) in [6.07, 6.45) is 1.92. The standard InChI is InChI=1S/C10H21N3O/c1-4-9(12-11)10-7-13(8(2)3)5-6-14-10/h4,8-10,12H,1,5-7,11H2,2-3H3. The van der Waals surface area contributed by atoms with Gasteiger partial charge in [0.2, 0.25) is 0 Å². The normalized spacial score (nSPS) is 26.4. The fourth-order valence-corrected chi connectivity index (χ4v) is 1.71. The number of nitrogens with two attached hydrogens (primary N) is 1. The number of nitrogens with zero attached hydrogens (tertiary/aromatic N) is 1. The second-order valence-electron chi connectivity index (χ2n) is 3.93. The third-order valence-corrected chi connectivity index (χ3v) is 2.70. The number of hydrazine groups is 1. The van der Waals surface area contributed by atoms with Crippen LogP contribution < -0.4 is 11.3 Å². The van der Waals surface area contributed by atoms with Crippen molar-refractivity contribution in [2.45, 2.75) is 32.0 Å². The molecule has 4 nitrogen and oxygen atoms in total. The van der Waals surface area contributed by atoms with E-state index in [1.165, 1.54) is 0 Å². The number of nitrogens with one attached hydrogen (secondary N) is 1. The number of rotatable bonds is 4. The van der Waals surface area contributed by atoms with Gasteiger partial charge in [-0.25, -0.2) is 0 Å². The van der Waals surface area contributed by atoms with Crippen LogP contribution >= 0.6 is 0 Å². The Morgan fingerprint density at radius 2 is 2.36 bits per heavy atom. The van der Waals surface area contributed by atoms with Crippen molar-refractivity contribution in [1.29, 1.82) is 0 Å². The molecule has 0 aromatic carbocycles. The van der Waals surface area contributed by atoms with Crippen LogP contribution in [0.15, 0.2) is 12.7 Å². The molecule has 2 unspecified atom stereocenters. The van der Waals surface area contributed by atoms with E-state index in [1.54, 1.807) is 6.08 Å². The van der Waals surface area contributed by atoms with Gasteiger partial charge in [0.05, 0.1) is 18.8 Å². The summed E-state index contributed by atoms with van der Waals surface area (Å²) in [6.45, 7) is 10.8. The van der Waals surface area contributed by atoms with Crippen LogP contribution in [-0.2, 0) is 4.74 Å². The fraction of sp³-hybridized carbons (Fsp3) is 0.800. The van der Waals surface area contributed by atoms with E-state index in [0.29, 0.717) is 6.04 Å². The van der Waals surface area contributed by atoms with Gasteiger partial charge in [-0.2, -0.15) is 0 Å². The second-order valence-corrected chi connectivity index (χ2v) is 3.93. The molecule has 4 heteroatoms. The van der Waals surface area contributed by atoms with Crippen molar-refractivity contribution >= 4 is 0 Å². The predicted octanol–water partition coefficient (Wildman–Crippen LogP) is 0.114. The van der Waals surface area contributed by atoms with E-state index in [4.69, 9.17) is 10.6 Å². The summed E-state index contributed by atoms with van der Waals surface area (Å²) in [5.41, 5.74) is 2.71. The maximum absolute atomic E-state index is 5.65. The van der Waals surface area contributed by atoms with E-state index < -0.39 is 0 Å². The summed E-state index contributed by atoms with van der Waals surface area (Å²) >= 11 is 0. The molecular weight excluding hydrogens is 178 g/mol. The molecule has 0 spiro atoms. The highest BCUT2D eigenvalue weighted by atomic mass is 16.5. The molecule has 0 amide bonds. The van der Waals surface area contributed by atoms with Crippen LogP contribution in [-0.4, -0.2) is 42.8 Å². The van der Waals surface area contributed by atoms with Crippen LogP contribution in [0.2, 0.25) is 0 Å². The highest BCUT2D eigenvalue weighted by Crippen LogP contribution is 2.11. The van der Waals surface area contributed by atoms with Crippen molar-refractivity contribution in [3.63, 3.8) is 0 Å². The molecule has 0 radical (unpaired) electrons. The minimum Gasteiger partial charge on any atom is -0.374 e. The van der Waals surface area contributed by atoms with Gasteiger partial charge in [0.25, 0.3) is 0 Å². The van der Waals surface area contributed by atoms with Gasteiger partial charge in [0, 0.05) is 19.1 Å². The zero-order valence-corrected chi connectivity index (χ0v) is 9.07. The van der Waals surface area contributed by atoms with E-state index in [0.717, 1.165) is 19.7 Å². The minimum absolute atomic E-state index is 0.0385. The van der Waals surface area contributed by atoms with Crippen molar-refractivity contribution in [2.75, 3.05) is 19.7 Å². The summed E-state index contributed by atoms with van der Waals surface area (Å²) in [4.78, 5) is 2.39. The van der Waals surface area contributed by atoms with Gasteiger partial charge >= 0.3 is 0 Å². The monoisotopic (exact) mass is 199 g/mol. The first-order valence-corrected chi connectivity index (χ1v) is 5.13. The van der Waals surface area contributed by atoms with Gasteiger partial charge in [-0.15, -0.1) is 6.58 Å². The predicted molar refractivity (Wildman–Crippen MR) is 57.8 cm³/mol. The summed E-state index contributed by atoms with van der Waals surface area (Å²) in [5.74, 6) is 5.42. The minimum atomic E-state index is 0.0385. The quantitative estimate of drug-likeness (QED) is 0.383. The molecule has 1 fully saturated rings. The zero-order chi connectivity index (χ0) is 10.6. The molecule has 14 heavy (non-hydrogen) atoms. The molecule has 0 aromatic rings. The molecular formula is C10H21N3O. The van der Waals surface area contributed by atoms with Crippen molar-refractivity contribution < 1.29 is 4.74 Å². The van der Waals surface area contributed by atoms with E-state index >= 15 is 0 Å². The highest BCUT2D eigenvalue weighted by Gasteiger charge is 2.26. The van der Waals surface area contributed by atoms with Crippen molar-refractivity contribution in [2.24, 2.45) is 5.84 Å². The first-order valence-electron chi connectivity index (χ1n) is 5.13.